The molecule has 0 radical (unpaired) electrons. The largest absolute Gasteiger partial charge is 0.344 e. The molecule has 142 valence electrons. The van der Waals surface area contributed by atoms with Crippen LogP contribution in [0.15, 0.2) is 77.7 Å². The first-order chi connectivity index (χ1) is 13.4. The van der Waals surface area contributed by atoms with Gasteiger partial charge in [-0.25, -0.2) is 0 Å². The number of nitrogens with zero attached hydrogens (tertiary/aromatic N) is 2. The lowest BCUT2D eigenvalue weighted by Gasteiger charge is -2.20. The van der Waals surface area contributed by atoms with Gasteiger partial charge in [-0.3, -0.25) is 24.3 Å². The zero-order chi connectivity index (χ0) is 20.1. The van der Waals surface area contributed by atoms with Gasteiger partial charge in [0.25, 0.3) is 11.2 Å². The molecule has 0 aliphatic carbocycles. The van der Waals surface area contributed by atoms with Crippen molar-refractivity contribution in [3.8, 4) is 0 Å². The van der Waals surface area contributed by atoms with Crippen molar-refractivity contribution in [1.29, 1.82) is 0 Å². The highest BCUT2D eigenvalue weighted by molar-refractivity contribution is 6.30. The number of nitrogens with one attached hydrogen (secondary N) is 1. The second-order valence-corrected chi connectivity index (χ2v) is 6.51. The van der Waals surface area contributed by atoms with E-state index in [1.807, 2.05) is 30.3 Å². The molecule has 1 N–H and O–H groups in total. The Balaban J connectivity index is 1.86. The maximum absolute atomic E-state index is 12.6. The minimum Gasteiger partial charge on any atom is -0.344 e. The van der Waals surface area contributed by atoms with Crippen molar-refractivity contribution in [2.24, 2.45) is 0 Å². The lowest BCUT2D eigenvalue weighted by Crippen LogP contribution is -2.35. The van der Waals surface area contributed by atoms with Gasteiger partial charge < -0.3 is 5.32 Å². The summed E-state index contributed by atoms with van der Waals surface area (Å²) in [6.45, 7) is -0.336. The van der Waals surface area contributed by atoms with Gasteiger partial charge in [-0.2, -0.15) is 0 Å². The van der Waals surface area contributed by atoms with Crippen LogP contribution in [0.25, 0.3) is 0 Å². The average molecular weight is 398 g/mol. The number of hydrogen-bond donors (Lipinski definition) is 1. The lowest BCUT2D eigenvalue weighted by molar-refractivity contribution is -0.385. The van der Waals surface area contributed by atoms with Crippen LogP contribution in [0, 0.1) is 10.1 Å². The van der Waals surface area contributed by atoms with Crippen molar-refractivity contribution >= 4 is 23.2 Å². The summed E-state index contributed by atoms with van der Waals surface area (Å²) in [5.41, 5.74) is 0.910. The van der Waals surface area contributed by atoms with E-state index in [-0.39, 0.29) is 12.2 Å². The van der Waals surface area contributed by atoms with Crippen LogP contribution < -0.4 is 10.9 Å². The molecule has 0 saturated heterocycles. The highest BCUT2D eigenvalue weighted by Crippen LogP contribution is 2.23. The Hall–Kier alpha value is -3.45. The summed E-state index contributed by atoms with van der Waals surface area (Å²) in [7, 11) is 0. The topological polar surface area (TPSA) is 94.2 Å². The van der Waals surface area contributed by atoms with Crippen molar-refractivity contribution in [1.82, 2.24) is 9.88 Å². The lowest BCUT2D eigenvalue weighted by atomic mass is 9.98. The van der Waals surface area contributed by atoms with Crippen LogP contribution in [0.2, 0.25) is 5.02 Å². The van der Waals surface area contributed by atoms with Crippen LogP contribution in [0.1, 0.15) is 17.2 Å². The Kier molecular flexibility index (Phi) is 5.86. The van der Waals surface area contributed by atoms with Crippen LogP contribution in [-0.2, 0) is 11.3 Å². The number of carbonyl (C=O) groups is 1. The summed E-state index contributed by atoms with van der Waals surface area (Å²) in [5.74, 6) is -0.452. The standard InChI is InChI=1S/C20H16ClN3O4/c21-16-8-6-15(7-9-16)20(14-4-2-1-3-5-14)22-18(25)13-23-12-17(24(27)28)10-11-19(23)26/h1-12,20H,13H2,(H,22,25). The minimum absolute atomic E-state index is 0.260. The normalized spacial score (nSPS) is 11.6. The van der Waals surface area contributed by atoms with Crippen LogP contribution in [0.3, 0.4) is 0 Å². The van der Waals surface area contributed by atoms with Crippen LogP contribution in [0.5, 0.6) is 0 Å². The molecular formula is C20H16ClN3O4. The van der Waals surface area contributed by atoms with Crippen molar-refractivity contribution in [2.75, 3.05) is 0 Å². The number of aromatic nitrogens is 1. The van der Waals surface area contributed by atoms with Gasteiger partial charge in [-0.15, -0.1) is 0 Å². The fourth-order valence-corrected chi connectivity index (χ4v) is 2.90. The molecule has 3 rings (SSSR count). The van der Waals surface area contributed by atoms with Gasteiger partial charge in [0, 0.05) is 17.2 Å². The first kappa shape index (κ1) is 19.3. The molecule has 28 heavy (non-hydrogen) atoms. The minimum atomic E-state index is -0.617. The molecule has 8 heteroatoms. The highest BCUT2D eigenvalue weighted by atomic mass is 35.5. The Morgan fingerprint density at radius 3 is 2.32 bits per heavy atom. The van der Waals surface area contributed by atoms with Crippen LogP contribution >= 0.6 is 11.6 Å². The maximum atomic E-state index is 12.6. The Labute approximate surface area is 165 Å². The molecule has 1 amide bonds. The molecule has 0 aliphatic rings. The van der Waals surface area contributed by atoms with E-state index in [4.69, 9.17) is 11.6 Å². The third kappa shape index (κ3) is 4.63. The van der Waals surface area contributed by atoms with E-state index in [0.29, 0.717) is 5.02 Å². The molecule has 1 unspecified atom stereocenters. The first-order valence-electron chi connectivity index (χ1n) is 8.39. The highest BCUT2D eigenvalue weighted by Gasteiger charge is 2.18. The third-order valence-corrected chi connectivity index (χ3v) is 4.39. The molecule has 1 heterocycles. The molecule has 1 atom stereocenters. The molecule has 0 fully saturated rings. The second-order valence-electron chi connectivity index (χ2n) is 6.07. The second kappa shape index (κ2) is 8.49. The van der Waals surface area contributed by atoms with Crippen molar-refractivity contribution < 1.29 is 9.72 Å². The fourth-order valence-electron chi connectivity index (χ4n) is 2.77. The van der Waals surface area contributed by atoms with Gasteiger partial charge >= 0.3 is 0 Å². The monoisotopic (exact) mass is 397 g/mol. The number of amides is 1. The number of nitro groups is 1. The summed E-state index contributed by atoms with van der Waals surface area (Å²) >= 11 is 5.95. The quantitative estimate of drug-likeness (QED) is 0.510. The Morgan fingerprint density at radius 1 is 1.04 bits per heavy atom. The van der Waals surface area contributed by atoms with Gasteiger partial charge in [0.2, 0.25) is 5.91 Å². The molecule has 3 aromatic rings. The molecule has 1 aromatic heterocycles. The summed E-state index contributed by atoms with van der Waals surface area (Å²) in [5, 5.41) is 14.4. The molecule has 0 aliphatic heterocycles. The maximum Gasteiger partial charge on any atom is 0.285 e. The smallest absolute Gasteiger partial charge is 0.285 e. The number of benzene rings is 2. The van der Waals surface area contributed by atoms with E-state index in [0.717, 1.165) is 34.0 Å². The van der Waals surface area contributed by atoms with Gasteiger partial charge in [0.05, 0.1) is 17.2 Å². The molecule has 0 bridgehead atoms. The average Bonchev–Trinajstić information content (AvgIpc) is 2.69. The number of pyridine rings is 1. The fraction of sp³-hybridized carbons (Fsp3) is 0.100. The van der Waals surface area contributed by atoms with E-state index in [1.54, 1.807) is 24.3 Å². The van der Waals surface area contributed by atoms with Gasteiger partial charge in [0.15, 0.2) is 0 Å². The zero-order valence-corrected chi connectivity index (χ0v) is 15.4. The molecule has 0 spiro atoms. The van der Waals surface area contributed by atoms with Gasteiger partial charge in [-0.1, -0.05) is 54.1 Å². The van der Waals surface area contributed by atoms with Gasteiger partial charge in [0.1, 0.15) is 6.54 Å². The first-order valence-corrected chi connectivity index (χ1v) is 8.76. The van der Waals surface area contributed by atoms with E-state index in [1.165, 1.54) is 0 Å². The molecule has 7 nitrogen and oxygen atoms in total. The van der Waals surface area contributed by atoms with E-state index < -0.39 is 22.4 Å². The van der Waals surface area contributed by atoms with E-state index in [9.17, 15) is 19.7 Å². The number of rotatable bonds is 6. The third-order valence-electron chi connectivity index (χ3n) is 4.13. The van der Waals surface area contributed by atoms with E-state index in [2.05, 4.69) is 5.32 Å². The zero-order valence-electron chi connectivity index (χ0n) is 14.6. The summed E-state index contributed by atoms with van der Waals surface area (Å²) in [4.78, 5) is 34.8. The van der Waals surface area contributed by atoms with Crippen LogP contribution in [-0.4, -0.2) is 15.4 Å². The van der Waals surface area contributed by atoms with Gasteiger partial charge in [-0.05, 0) is 23.3 Å². The summed E-state index contributed by atoms with van der Waals surface area (Å²) in [6, 6.07) is 18.1. The van der Waals surface area contributed by atoms with Crippen molar-refractivity contribution in [2.45, 2.75) is 12.6 Å². The van der Waals surface area contributed by atoms with Crippen LogP contribution in [0.4, 0.5) is 5.69 Å². The predicted octanol–water partition coefficient (Wildman–Crippen LogP) is 3.32. The Morgan fingerprint density at radius 2 is 1.68 bits per heavy atom. The SMILES string of the molecule is O=C(Cn1cc([N+](=O)[O-])ccc1=O)NC(c1ccccc1)c1ccc(Cl)cc1. The molecule has 2 aromatic carbocycles. The number of carbonyl (C=O) groups excluding carboxylic acids is 1. The predicted molar refractivity (Wildman–Crippen MR) is 105 cm³/mol. The summed E-state index contributed by atoms with van der Waals surface area (Å²) in [6.07, 6.45) is 1.06. The number of hydrogen-bond acceptors (Lipinski definition) is 4. The van der Waals surface area contributed by atoms with Crippen molar-refractivity contribution in [3.05, 3.63) is 110 Å². The molecule has 0 saturated carbocycles. The molecular weight excluding hydrogens is 382 g/mol. The summed E-state index contributed by atoms with van der Waals surface area (Å²) < 4.78 is 1.01. The van der Waals surface area contributed by atoms with E-state index >= 15 is 0 Å². The number of halogens is 1. The van der Waals surface area contributed by atoms with Crippen molar-refractivity contribution in [3.63, 3.8) is 0 Å². The Bertz CT molecular complexity index is 1050.